The van der Waals surface area contributed by atoms with Crippen LogP contribution in [0, 0.1) is 0 Å². The molecule has 3 heterocycles. The van der Waals surface area contributed by atoms with E-state index < -0.39 is 0 Å². The van der Waals surface area contributed by atoms with Crippen molar-refractivity contribution in [2.75, 3.05) is 11.4 Å². The highest BCUT2D eigenvalue weighted by molar-refractivity contribution is 9.10. The number of anilines is 1. The van der Waals surface area contributed by atoms with E-state index in [-0.39, 0.29) is 24.3 Å². The quantitative estimate of drug-likeness (QED) is 0.640. The van der Waals surface area contributed by atoms with Gasteiger partial charge in [-0.2, -0.15) is 0 Å². The van der Waals surface area contributed by atoms with Gasteiger partial charge >= 0.3 is 0 Å². The minimum atomic E-state index is -0.388. The minimum absolute atomic E-state index is 0.123. The fourth-order valence-corrected chi connectivity index (χ4v) is 4.51. The summed E-state index contributed by atoms with van der Waals surface area (Å²) in [5, 5.41) is 1.26. The van der Waals surface area contributed by atoms with Crippen molar-refractivity contribution in [3.63, 3.8) is 0 Å². The maximum atomic E-state index is 13.0. The Morgan fingerprint density at radius 2 is 1.81 bits per heavy atom. The summed E-state index contributed by atoms with van der Waals surface area (Å²) in [6.07, 6.45) is 1.13. The van der Waals surface area contributed by atoms with Gasteiger partial charge in [0.15, 0.2) is 0 Å². The number of nitrogens with one attached hydrogen (secondary N) is 1. The van der Waals surface area contributed by atoms with Gasteiger partial charge in [0.2, 0.25) is 5.91 Å². The Hall–Kier alpha value is -2.44. The smallest absolute Gasteiger partial charge is 0.251 e. The molecule has 1 aromatic heterocycles. The molecule has 2 aliphatic heterocycles. The standard InChI is InChI=1S/C21H18BrN3O2/c22-13-5-7-14(8-6-13)25-20(26)11-19(21(25)27)24-10-9-16-15-3-1-2-4-17(15)23-18(16)12-24/h1-8,19,23H,9-12H2. The molecule has 2 amide bonds. The predicted octanol–water partition coefficient (Wildman–Crippen LogP) is 3.62. The molecule has 1 atom stereocenters. The average molecular weight is 424 g/mol. The molecule has 0 bridgehead atoms. The molecule has 1 saturated heterocycles. The molecule has 1 fully saturated rings. The Bertz CT molecular complexity index is 1060. The van der Waals surface area contributed by atoms with Crippen molar-refractivity contribution in [1.29, 1.82) is 0 Å². The van der Waals surface area contributed by atoms with Gasteiger partial charge in [0.05, 0.1) is 18.2 Å². The Kier molecular flexibility index (Phi) is 3.91. The van der Waals surface area contributed by atoms with Gasteiger partial charge in [-0.05, 0) is 42.3 Å². The van der Waals surface area contributed by atoms with E-state index in [1.807, 2.05) is 18.2 Å². The second-order valence-electron chi connectivity index (χ2n) is 7.11. The summed E-state index contributed by atoms with van der Waals surface area (Å²) in [6, 6.07) is 15.2. The lowest BCUT2D eigenvalue weighted by molar-refractivity contribution is -0.123. The summed E-state index contributed by atoms with van der Waals surface area (Å²) in [5.41, 5.74) is 4.27. The average Bonchev–Trinajstić information content (AvgIpc) is 3.19. The number of nitrogens with zero attached hydrogens (tertiary/aromatic N) is 2. The van der Waals surface area contributed by atoms with E-state index >= 15 is 0 Å². The number of fused-ring (bicyclic) bond motifs is 3. The largest absolute Gasteiger partial charge is 0.357 e. The van der Waals surface area contributed by atoms with Crippen LogP contribution in [0.15, 0.2) is 53.0 Å². The maximum absolute atomic E-state index is 13.0. The summed E-state index contributed by atoms with van der Waals surface area (Å²) in [7, 11) is 0. The predicted molar refractivity (Wildman–Crippen MR) is 107 cm³/mol. The van der Waals surface area contributed by atoms with Crippen LogP contribution in [0.25, 0.3) is 10.9 Å². The van der Waals surface area contributed by atoms with E-state index in [2.05, 4.69) is 44.0 Å². The lowest BCUT2D eigenvalue weighted by Gasteiger charge is -2.30. The van der Waals surface area contributed by atoms with Gasteiger partial charge in [-0.3, -0.25) is 14.5 Å². The van der Waals surface area contributed by atoms with Crippen LogP contribution in [0.2, 0.25) is 0 Å². The zero-order valence-electron chi connectivity index (χ0n) is 14.6. The molecule has 1 N–H and O–H groups in total. The summed E-state index contributed by atoms with van der Waals surface area (Å²) in [4.78, 5) is 32.5. The number of amides is 2. The van der Waals surface area contributed by atoms with Crippen molar-refractivity contribution in [1.82, 2.24) is 9.88 Å². The molecule has 5 nitrogen and oxygen atoms in total. The molecule has 5 rings (SSSR count). The van der Waals surface area contributed by atoms with Crippen molar-refractivity contribution >= 4 is 44.3 Å². The topological polar surface area (TPSA) is 56.4 Å². The molecular weight excluding hydrogens is 406 g/mol. The first-order valence-corrected chi connectivity index (χ1v) is 9.86. The van der Waals surface area contributed by atoms with E-state index in [9.17, 15) is 9.59 Å². The monoisotopic (exact) mass is 423 g/mol. The highest BCUT2D eigenvalue weighted by atomic mass is 79.9. The summed E-state index contributed by atoms with van der Waals surface area (Å²) < 4.78 is 0.921. The van der Waals surface area contributed by atoms with E-state index in [0.29, 0.717) is 12.2 Å². The number of para-hydroxylation sites is 1. The van der Waals surface area contributed by atoms with E-state index in [0.717, 1.165) is 28.6 Å². The van der Waals surface area contributed by atoms with E-state index in [1.54, 1.807) is 12.1 Å². The number of H-pyrrole nitrogens is 1. The molecule has 1 unspecified atom stereocenters. The Balaban J connectivity index is 1.41. The highest BCUT2D eigenvalue weighted by Crippen LogP contribution is 2.32. The van der Waals surface area contributed by atoms with Crippen molar-refractivity contribution < 1.29 is 9.59 Å². The molecule has 0 aliphatic carbocycles. The third-order valence-electron chi connectivity index (χ3n) is 5.56. The van der Waals surface area contributed by atoms with E-state index in [1.165, 1.54) is 15.8 Å². The zero-order valence-corrected chi connectivity index (χ0v) is 16.2. The van der Waals surface area contributed by atoms with Crippen LogP contribution in [0.1, 0.15) is 17.7 Å². The molecule has 27 heavy (non-hydrogen) atoms. The Morgan fingerprint density at radius 1 is 1.04 bits per heavy atom. The molecule has 0 spiro atoms. The van der Waals surface area contributed by atoms with Crippen molar-refractivity contribution in [2.24, 2.45) is 0 Å². The fourth-order valence-electron chi connectivity index (χ4n) is 4.24. The first-order valence-electron chi connectivity index (χ1n) is 9.07. The third kappa shape index (κ3) is 2.71. The molecule has 2 aromatic carbocycles. The lowest BCUT2D eigenvalue weighted by atomic mass is 10.0. The first-order chi connectivity index (χ1) is 13.1. The van der Waals surface area contributed by atoms with Gasteiger partial charge in [-0.25, -0.2) is 4.90 Å². The van der Waals surface area contributed by atoms with Gasteiger partial charge < -0.3 is 4.98 Å². The van der Waals surface area contributed by atoms with Crippen molar-refractivity contribution in [3.05, 3.63) is 64.3 Å². The van der Waals surface area contributed by atoms with Crippen molar-refractivity contribution in [2.45, 2.75) is 25.4 Å². The fraction of sp³-hybridized carbons (Fsp3) is 0.238. The van der Waals surface area contributed by atoms with Crippen LogP contribution in [0.3, 0.4) is 0 Å². The van der Waals surface area contributed by atoms with Crippen LogP contribution in [-0.2, 0) is 22.6 Å². The number of benzene rings is 2. The van der Waals surface area contributed by atoms with Gasteiger partial charge in [0.25, 0.3) is 5.91 Å². The third-order valence-corrected chi connectivity index (χ3v) is 6.09. The SMILES string of the molecule is O=C1CC(N2CCc3c([nH]c4ccccc34)C2)C(=O)N1c1ccc(Br)cc1. The second kappa shape index (κ2) is 6.32. The van der Waals surface area contributed by atoms with Crippen LogP contribution in [0.4, 0.5) is 5.69 Å². The molecule has 0 radical (unpaired) electrons. The molecule has 136 valence electrons. The Morgan fingerprint density at radius 3 is 2.63 bits per heavy atom. The number of imide groups is 1. The zero-order chi connectivity index (χ0) is 18.5. The normalized spacial score (nSPS) is 20.5. The number of halogens is 1. The highest BCUT2D eigenvalue weighted by Gasteiger charge is 2.43. The number of rotatable bonds is 2. The molecule has 6 heteroatoms. The van der Waals surface area contributed by atoms with E-state index in [4.69, 9.17) is 0 Å². The molecular formula is C21H18BrN3O2. The summed E-state index contributed by atoms with van der Waals surface area (Å²) in [6.45, 7) is 1.45. The minimum Gasteiger partial charge on any atom is -0.357 e. The van der Waals surface area contributed by atoms with Crippen LogP contribution in [0.5, 0.6) is 0 Å². The molecule has 3 aromatic rings. The number of aromatic nitrogens is 1. The second-order valence-corrected chi connectivity index (χ2v) is 8.03. The molecule has 2 aliphatic rings. The molecule has 0 saturated carbocycles. The van der Waals surface area contributed by atoms with Gasteiger partial charge in [-0.15, -0.1) is 0 Å². The maximum Gasteiger partial charge on any atom is 0.251 e. The van der Waals surface area contributed by atoms with Crippen LogP contribution < -0.4 is 4.90 Å². The van der Waals surface area contributed by atoms with Gasteiger partial charge in [-0.1, -0.05) is 34.1 Å². The first kappa shape index (κ1) is 16.7. The number of carbonyl (C=O) groups is 2. The number of aromatic amines is 1. The number of hydrogen-bond donors (Lipinski definition) is 1. The summed E-state index contributed by atoms with van der Waals surface area (Å²) >= 11 is 3.39. The van der Waals surface area contributed by atoms with Crippen LogP contribution in [-0.4, -0.2) is 34.3 Å². The summed E-state index contributed by atoms with van der Waals surface area (Å²) in [5.74, 6) is -0.253. The van der Waals surface area contributed by atoms with Gasteiger partial charge in [0.1, 0.15) is 0 Å². The number of carbonyl (C=O) groups excluding carboxylic acids is 2. The van der Waals surface area contributed by atoms with Crippen molar-refractivity contribution in [3.8, 4) is 0 Å². The Labute approximate surface area is 165 Å². The lowest BCUT2D eigenvalue weighted by Crippen LogP contribution is -2.44. The van der Waals surface area contributed by atoms with Gasteiger partial charge in [0, 0.05) is 34.2 Å². The number of hydrogen-bond acceptors (Lipinski definition) is 3. The van der Waals surface area contributed by atoms with Crippen LogP contribution >= 0.6 is 15.9 Å².